The molecule has 8 nitrogen and oxygen atoms in total. The van der Waals surface area contributed by atoms with Gasteiger partial charge in [-0.2, -0.15) is 0 Å². The zero-order valence-electron chi connectivity index (χ0n) is 18.2. The summed E-state index contributed by atoms with van der Waals surface area (Å²) < 4.78 is 20.8. The molecule has 32 heavy (non-hydrogen) atoms. The van der Waals surface area contributed by atoms with Crippen LogP contribution >= 0.6 is 0 Å². The number of anilines is 2. The van der Waals surface area contributed by atoms with Crippen molar-refractivity contribution < 1.29 is 28.5 Å². The average Bonchev–Trinajstić information content (AvgIpc) is 2.84. The van der Waals surface area contributed by atoms with E-state index in [1.165, 1.54) is 28.4 Å². The van der Waals surface area contributed by atoms with Crippen molar-refractivity contribution in [2.45, 2.75) is 0 Å². The quantitative estimate of drug-likeness (QED) is 0.549. The maximum atomic E-state index is 12.5. The van der Waals surface area contributed by atoms with Crippen LogP contribution in [0.25, 0.3) is 0 Å². The lowest BCUT2D eigenvalue weighted by Gasteiger charge is -2.11. The van der Waals surface area contributed by atoms with Crippen molar-refractivity contribution in [2.75, 3.05) is 39.1 Å². The third kappa shape index (κ3) is 5.10. The largest absolute Gasteiger partial charge is 0.493 e. The first kappa shape index (κ1) is 22.5. The van der Waals surface area contributed by atoms with Crippen molar-refractivity contribution in [1.29, 1.82) is 0 Å². The molecule has 3 aromatic rings. The van der Waals surface area contributed by atoms with Gasteiger partial charge in [0.1, 0.15) is 0 Å². The predicted molar refractivity (Wildman–Crippen MR) is 121 cm³/mol. The highest BCUT2D eigenvalue weighted by Crippen LogP contribution is 2.29. The van der Waals surface area contributed by atoms with Gasteiger partial charge in [0, 0.05) is 22.5 Å². The lowest BCUT2D eigenvalue weighted by molar-refractivity contribution is 0.101. The van der Waals surface area contributed by atoms with Crippen LogP contribution in [0.2, 0.25) is 0 Å². The zero-order chi connectivity index (χ0) is 23.1. The lowest BCUT2D eigenvalue weighted by Crippen LogP contribution is -2.13. The van der Waals surface area contributed by atoms with E-state index < -0.39 is 0 Å². The molecular weight excluding hydrogens is 412 g/mol. The van der Waals surface area contributed by atoms with E-state index >= 15 is 0 Å². The highest BCUT2D eigenvalue weighted by atomic mass is 16.5. The Labute approximate surface area is 186 Å². The Bertz CT molecular complexity index is 1020. The minimum atomic E-state index is -0.298. The number of hydrogen-bond acceptors (Lipinski definition) is 6. The Morgan fingerprint density at radius 3 is 1.19 bits per heavy atom. The van der Waals surface area contributed by atoms with Crippen molar-refractivity contribution in [3.63, 3.8) is 0 Å². The summed E-state index contributed by atoms with van der Waals surface area (Å²) in [4.78, 5) is 25.1. The molecule has 3 aromatic carbocycles. The molecule has 0 heterocycles. The first-order valence-corrected chi connectivity index (χ1v) is 9.66. The molecule has 0 saturated carbocycles. The van der Waals surface area contributed by atoms with Crippen molar-refractivity contribution in [3.05, 3.63) is 71.8 Å². The number of nitrogens with one attached hydrogen (secondary N) is 2. The van der Waals surface area contributed by atoms with Gasteiger partial charge in [0.25, 0.3) is 11.8 Å². The molecule has 2 N–H and O–H groups in total. The predicted octanol–water partition coefficient (Wildman–Crippen LogP) is 4.23. The Hall–Kier alpha value is -4.20. The number of carbonyl (C=O) groups is 2. The van der Waals surface area contributed by atoms with Gasteiger partial charge >= 0.3 is 0 Å². The fourth-order valence-corrected chi connectivity index (χ4v) is 3.00. The second-order valence-electron chi connectivity index (χ2n) is 6.63. The molecule has 0 bridgehead atoms. The molecule has 0 fully saturated rings. The van der Waals surface area contributed by atoms with Crippen LogP contribution in [0, 0.1) is 0 Å². The SMILES string of the molecule is COc1ccc(C(=O)Nc2ccc(NC(=O)c3ccc(OC)c(OC)c3)cc2)cc1OC. The lowest BCUT2D eigenvalue weighted by atomic mass is 10.1. The van der Waals surface area contributed by atoms with Crippen molar-refractivity contribution in [1.82, 2.24) is 0 Å². The topological polar surface area (TPSA) is 95.1 Å². The molecule has 0 aliphatic carbocycles. The summed E-state index contributed by atoms with van der Waals surface area (Å²) in [6.45, 7) is 0. The normalized spacial score (nSPS) is 10.1. The highest BCUT2D eigenvalue weighted by molar-refractivity contribution is 6.06. The minimum Gasteiger partial charge on any atom is -0.493 e. The van der Waals surface area contributed by atoms with E-state index in [2.05, 4.69) is 10.6 Å². The molecule has 2 amide bonds. The molecule has 0 aliphatic rings. The van der Waals surface area contributed by atoms with Crippen LogP contribution in [0.15, 0.2) is 60.7 Å². The van der Waals surface area contributed by atoms with E-state index in [0.29, 0.717) is 45.5 Å². The third-order valence-corrected chi connectivity index (χ3v) is 4.69. The molecule has 0 unspecified atom stereocenters. The van der Waals surface area contributed by atoms with E-state index in [-0.39, 0.29) is 11.8 Å². The van der Waals surface area contributed by atoms with Crippen LogP contribution in [0.4, 0.5) is 11.4 Å². The Morgan fingerprint density at radius 1 is 0.531 bits per heavy atom. The Balaban J connectivity index is 1.66. The van der Waals surface area contributed by atoms with Crippen molar-refractivity contribution >= 4 is 23.2 Å². The van der Waals surface area contributed by atoms with Gasteiger partial charge in [-0.25, -0.2) is 0 Å². The Morgan fingerprint density at radius 2 is 0.875 bits per heavy atom. The van der Waals surface area contributed by atoms with Gasteiger partial charge in [-0.15, -0.1) is 0 Å². The monoisotopic (exact) mass is 436 g/mol. The molecule has 8 heteroatoms. The van der Waals surface area contributed by atoms with E-state index in [0.717, 1.165) is 0 Å². The second kappa shape index (κ2) is 10.2. The summed E-state index contributed by atoms with van der Waals surface area (Å²) in [5.41, 5.74) is 2.00. The van der Waals surface area contributed by atoms with E-state index in [1.807, 2.05) is 0 Å². The second-order valence-corrected chi connectivity index (χ2v) is 6.63. The van der Waals surface area contributed by atoms with Crippen LogP contribution in [-0.4, -0.2) is 40.3 Å². The summed E-state index contributed by atoms with van der Waals surface area (Å²) in [5, 5.41) is 5.62. The van der Waals surface area contributed by atoms with Crippen LogP contribution in [-0.2, 0) is 0 Å². The van der Waals surface area contributed by atoms with Crippen LogP contribution < -0.4 is 29.6 Å². The third-order valence-electron chi connectivity index (χ3n) is 4.69. The molecule has 0 radical (unpaired) electrons. The molecule has 0 atom stereocenters. The molecule has 166 valence electrons. The number of amides is 2. The van der Waals surface area contributed by atoms with Gasteiger partial charge in [0.15, 0.2) is 23.0 Å². The summed E-state index contributed by atoms with van der Waals surface area (Å²) >= 11 is 0. The molecule has 0 spiro atoms. The van der Waals surface area contributed by atoms with E-state index in [9.17, 15) is 9.59 Å². The van der Waals surface area contributed by atoms with Crippen LogP contribution in [0.3, 0.4) is 0 Å². The standard InChI is InChI=1S/C24H24N2O6/c1-29-19-11-5-15(13-21(19)31-3)23(27)25-17-7-9-18(10-8-17)26-24(28)16-6-12-20(30-2)22(14-16)32-4/h5-14H,1-4H3,(H,25,27)(H,26,28). The Kier molecular flexibility index (Phi) is 7.17. The summed E-state index contributed by atoms with van der Waals surface area (Å²) in [7, 11) is 6.08. The first-order valence-electron chi connectivity index (χ1n) is 9.66. The number of carbonyl (C=O) groups excluding carboxylic acids is 2. The molecule has 0 aliphatic heterocycles. The fourth-order valence-electron chi connectivity index (χ4n) is 3.00. The summed E-state index contributed by atoms with van der Waals surface area (Å²) in [6, 6.07) is 16.6. The maximum Gasteiger partial charge on any atom is 0.255 e. The van der Waals surface area contributed by atoms with Crippen LogP contribution in [0.1, 0.15) is 20.7 Å². The molecule has 0 saturated heterocycles. The molecular formula is C24H24N2O6. The zero-order valence-corrected chi connectivity index (χ0v) is 18.2. The molecule has 3 rings (SSSR count). The number of benzene rings is 3. The number of methoxy groups -OCH3 is 4. The first-order chi connectivity index (χ1) is 15.5. The highest BCUT2D eigenvalue weighted by Gasteiger charge is 2.13. The maximum absolute atomic E-state index is 12.5. The summed E-state index contributed by atoms with van der Waals surface area (Å²) in [5.74, 6) is 1.42. The van der Waals surface area contributed by atoms with Crippen molar-refractivity contribution in [2.24, 2.45) is 0 Å². The fraction of sp³-hybridized carbons (Fsp3) is 0.167. The van der Waals surface area contributed by atoms with Gasteiger partial charge in [0.2, 0.25) is 0 Å². The van der Waals surface area contributed by atoms with E-state index in [1.54, 1.807) is 60.7 Å². The van der Waals surface area contributed by atoms with Gasteiger partial charge in [-0.3, -0.25) is 9.59 Å². The van der Waals surface area contributed by atoms with Gasteiger partial charge in [-0.05, 0) is 60.7 Å². The number of hydrogen-bond donors (Lipinski definition) is 2. The summed E-state index contributed by atoms with van der Waals surface area (Å²) in [6.07, 6.45) is 0. The van der Waals surface area contributed by atoms with Gasteiger partial charge < -0.3 is 29.6 Å². The average molecular weight is 436 g/mol. The number of rotatable bonds is 8. The van der Waals surface area contributed by atoms with Gasteiger partial charge in [0.05, 0.1) is 28.4 Å². The minimum absolute atomic E-state index is 0.298. The smallest absolute Gasteiger partial charge is 0.255 e. The van der Waals surface area contributed by atoms with Crippen molar-refractivity contribution in [3.8, 4) is 23.0 Å². The molecule has 0 aromatic heterocycles. The van der Waals surface area contributed by atoms with Crippen LogP contribution in [0.5, 0.6) is 23.0 Å². The van der Waals surface area contributed by atoms with Gasteiger partial charge in [-0.1, -0.05) is 0 Å². The van der Waals surface area contributed by atoms with E-state index in [4.69, 9.17) is 18.9 Å². The number of ether oxygens (including phenoxy) is 4.